The second-order valence-electron chi connectivity index (χ2n) is 4.42. The topological polar surface area (TPSA) is 68.5 Å². The average Bonchev–Trinajstić information content (AvgIpc) is 2.97. The van der Waals surface area contributed by atoms with E-state index in [1.807, 2.05) is 17.2 Å². The van der Waals surface area contributed by atoms with Crippen LogP contribution in [0.25, 0.3) is 0 Å². The molecule has 0 aliphatic carbocycles. The smallest absolute Gasteiger partial charge is 0.228 e. The largest absolute Gasteiger partial charge is 0.376 e. The molecular formula is C12H19N3O2S. The Morgan fingerprint density at radius 2 is 2.56 bits per heavy atom. The molecule has 1 unspecified atom stereocenters. The molecular weight excluding hydrogens is 250 g/mol. The number of likely N-dealkylation sites (N-methyl/N-ethyl adjacent to an activating group) is 1. The summed E-state index contributed by atoms with van der Waals surface area (Å²) in [5, 5.41) is 2.35. The van der Waals surface area contributed by atoms with Crippen LogP contribution in [0.2, 0.25) is 0 Å². The molecule has 0 saturated carbocycles. The van der Waals surface area contributed by atoms with E-state index in [4.69, 9.17) is 10.5 Å². The molecule has 1 fully saturated rings. The van der Waals surface area contributed by atoms with Gasteiger partial charge in [0.25, 0.3) is 0 Å². The predicted octanol–water partition coefficient (Wildman–Crippen LogP) is 1.30. The SMILES string of the molecule is CCN(CC1CCCO1)C(=O)Cc1csc(N)n1. The normalized spacial score (nSPS) is 19.1. The van der Waals surface area contributed by atoms with E-state index in [0.29, 0.717) is 24.6 Å². The lowest BCUT2D eigenvalue weighted by Gasteiger charge is -2.23. The highest BCUT2D eigenvalue weighted by molar-refractivity contribution is 7.13. The van der Waals surface area contributed by atoms with Gasteiger partial charge < -0.3 is 15.4 Å². The Morgan fingerprint density at radius 3 is 3.11 bits per heavy atom. The number of amides is 1. The first-order valence-corrected chi connectivity index (χ1v) is 7.16. The number of rotatable bonds is 5. The van der Waals surface area contributed by atoms with E-state index in [9.17, 15) is 4.79 Å². The number of nitrogen functional groups attached to an aromatic ring is 1. The van der Waals surface area contributed by atoms with Crippen LogP contribution in [0.5, 0.6) is 0 Å². The van der Waals surface area contributed by atoms with Crippen molar-refractivity contribution in [3.05, 3.63) is 11.1 Å². The Morgan fingerprint density at radius 1 is 1.72 bits per heavy atom. The van der Waals surface area contributed by atoms with E-state index in [1.165, 1.54) is 11.3 Å². The van der Waals surface area contributed by atoms with E-state index in [-0.39, 0.29) is 12.0 Å². The molecule has 1 amide bonds. The van der Waals surface area contributed by atoms with E-state index in [2.05, 4.69) is 4.98 Å². The minimum absolute atomic E-state index is 0.0956. The highest BCUT2D eigenvalue weighted by Crippen LogP contribution is 2.15. The third kappa shape index (κ3) is 3.43. The summed E-state index contributed by atoms with van der Waals surface area (Å²) in [5.74, 6) is 0.0956. The third-order valence-corrected chi connectivity index (χ3v) is 3.81. The molecule has 0 aromatic carbocycles. The van der Waals surface area contributed by atoms with Crippen LogP contribution in [0, 0.1) is 0 Å². The van der Waals surface area contributed by atoms with Crippen LogP contribution in [-0.4, -0.2) is 41.6 Å². The molecule has 1 aromatic rings. The minimum Gasteiger partial charge on any atom is -0.376 e. The number of thiazole rings is 1. The van der Waals surface area contributed by atoms with Crippen molar-refractivity contribution in [2.24, 2.45) is 0 Å². The number of ether oxygens (including phenoxy) is 1. The minimum atomic E-state index is 0.0956. The van der Waals surface area contributed by atoms with E-state index < -0.39 is 0 Å². The second kappa shape index (κ2) is 6.15. The Bertz CT molecular complexity index is 402. The molecule has 1 saturated heterocycles. The van der Waals surface area contributed by atoms with Crippen LogP contribution >= 0.6 is 11.3 Å². The maximum Gasteiger partial charge on any atom is 0.228 e. The van der Waals surface area contributed by atoms with Crippen molar-refractivity contribution in [3.63, 3.8) is 0 Å². The zero-order valence-corrected chi connectivity index (χ0v) is 11.4. The van der Waals surface area contributed by atoms with Crippen LogP contribution in [-0.2, 0) is 16.0 Å². The third-order valence-electron chi connectivity index (χ3n) is 3.08. The van der Waals surface area contributed by atoms with E-state index >= 15 is 0 Å². The van der Waals surface area contributed by atoms with Gasteiger partial charge >= 0.3 is 0 Å². The van der Waals surface area contributed by atoms with Crippen molar-refractivity contribution in [2.75, 3.05) is 25.4 Å². The first kappa shape index (κ1) is 13.3. The molecule has 1 atom stereocenters. The van der Waals surface area contributed by atoms with Gasteiger partial charge in [0.05, 0.1) is 18.2 Å². The monoisotopic (exact) mass is 269 g/mol. The summed E-state index contributed by atoms with van der Waals surface area (Å²) in [7, 11) is 0. The standard InChI is InChI=1S/C12H19N3O2S/c1-2-15(7-10-4-3-5-17-10)11(16)6-9-8-18-12(13)14-9/h8,10H,2-7H2,1H3,(H2,13,14). The summed E-state index contributed by atoms with van der Waals surface area (Å²) in [6.45, 7) is 4.20. The molecule has 1 aliphatic heterocycles. The van der Waals surface area contributed by atoms with Crippen LogP contribution in [0.1, 0.15) is 25.5 Å². The lowest BCUT2D eigenvalue weighted by atomic mass is 10.2. The van der Waals surface area contributed by atoms with Crippen molar-refractivity contribution in [3.8, 4) is 0 Å². The number of carbonyl (C=O) groups is 1. The van der Waals surface area contributed by atoms with Gasteiger partial charge in [0.1, 0.15) is 0 Å². The van der Waals surface area contributed by atoms with Crippen LogP contribution in [0.4, 0.5) is 5.13 Å². The van der Waals surface area contributed by atoms with Gasteiger partial charge in [-0.1, -0.05) is 0 Å². The van der Waals surface area contributed by atoms with Gasteiger partial charge in [0.15, 0.2) is 5.13 Å². The zero-order chi connectivity index (χ0) is 13.0. The number of nitrogens with zero attached hydrogens (tertiary/aromatic N) is 2. The average molecular weight is 269 g/mol. The van der Waals surface area contributed by atoms with E-state index in [0.717, 1.165) is 25.1 Å². The van der Waals surface area contributed by atoms with E-state index in [1.54, 1.807) is 0 Å². The summed E-state index contributed by atoms with van der Waals surface area (Å²) in [4.78, 5) is 18.1. The second-order valence-corrected chi connectivity index (χ2v) is 5.31. The van der Waals surface area contributed by atoms with Gasteiger partial charge in [-0.2, -0.15) is 0 Å². The maximum atomic E-state index is 12.1. The fourth-order valence-corrected chi connectivity index (χ4v) is 2.67. The highest BCUT2D eigenvalue weighted by Gasteiger charge is 2.22. The Kier molecular flexibility index (Phi) is 4.54. The van der Waals surface area contributed by atoms with Crippen molar-refractivity contribution in [1.29, 1.82) is 0 Å². The van der Waals surface area contributed by atoms with Gasteiger partial charge in [0.2, 0.25) is 5.91 Å². The van der Waals surface area contributed by atoms with Crippen LogP contribution in [0.15, 0.2) is 5.38 Å². The molecule has 1 aliphatic rings. The lowest BCUT2D eigenvalue weighted by molar-refractivity contribution is -0.131. The maximum absolute atomic E-state index is 12.1. The molecule has 2 rings (SSSR count). The molecule has 0 bridgehead atoms. The summed E-state index contributed by atoms with van der Waals surface area (Å²) in [5.41, 5.74) is 6.32. The fourth-order valence-electron chi connectivity index (χ4n) is 2.11. The number of anilines is 1. The first-order valence-electron chi connectivity index (χ1n) is 6.28. The Labute approximate surface area is 111 Å². The van der Waals surface area contributed by atoms with Gasteiger partial charge in [-0.25, -0.2) is 4.98 Å². The predicted molar refractivity (Wildman–Crippen MR) is 71.5 cm³/mol. The van der Waals surface area contributed by atoms with Crippen molar-refractivity contribution in [1.82, 2.24) is 9.88 Å². The summed E-state index contributed by atoms with van der Waals surface area (Å²) >= 11 is 1.37. The quantitative estimate of drug-likeness (QED) is 0.874. The van der Waals surface area contributed by atoms with Crippen molar-refractivity contribution in [2.45, 2.75) is 32.3 Å². The molecule has 0 radical (unpaired) electrons. The summed E-state index contributed by atoms with van der Waals surface area (Å²) < 4.78 is 5.56. The lowest BCUT2D eigenvalue weighted by Crippen LogP contribution is -2.38. The number of hydrogen-bond acceptors (Lipinski definition) is 5. The highest BCUT2D eigenvalue weighted by atomic mass is 32.1. The zero-order valence-electron chi connectivity index (χ0n) is 10.6. The van der Waals surface area contributed by atoms with Gasteiger partial charge in [0, 0.05) is 25.1 Å². The van der Waals surface area contributed by atoms with Gasteiger partial charge in [-0.3, -0.25) is 4.79 Å². The Balaban J connectivity index is 1.88. The molecule has 1 aromatic heterocycles. The molecule has 2 heterocycles. The Hall–Kier alpha value is -1.14. The molecule has 2 N–H and O–H groups in total. The summed E-state index contributed by atoms with van der Waals surface area (Å²) in [6.07, 6.45) is 2.68. The molecule has 100 valence electrons. The number of hydrogen-bond donors (Lipinski definition) is 1. The van der Waals surface area contributed by atoms with Crippen molar-refractivity contribution >= 4 is 22.4 Å². The number of carbonyl (C=O) groups excluding carboxylic acids is 1. The number of nitrogens with two attached hydrogens (primary N) is 1. The van der Waals surface area contributed by atoms with Crippen LogP contribution in [0.3, 0.4) is 0 Å². The fraction of sp³-hybridized carbons (Fsp3) is 0.667. The van der Waals surface area contributed by atoms with Gasteiger partial charge in [-0.05, 0) is 19.8 Å². The molecule has 18 heavy (non-hydrogen) atoms. The van der Waals surface area contributed by atoms with Crippen molar-refractivity contribution < 1.29 is 9.53 Å². The van der Waals surface area contributed by atoms with Crippen LogP contribution < -0.4 is 5.73 Å². The molecule has 5 nitrogen and oxygen atoms in total. The number of aromatic nitrogens is 1. The first-order chi connectivity index (χ1) is 8.69. The summed E-state index contributed by atoms with van der Waals surface area (Å²) in [6, 6.07) is 0. The molecule has 6 heteroatoms. The molecule has 0 spiro atoms. The van der Waals surface area contributed by atoms with Gasteiger partial charge in [-0.15, -0.1) is 11.3 Å².